The number of carbonyl (C=O) groups excluding carboxylic acids is 1. The third kappa shape index (κ3) is 1.99. The van der Waals surface area contributed by atoms with Gasteiger partial charge in [0.1, 0.15) is 0 Å². The van der Waals surface area contributed by atoms with Crippen LogP contribution in [-0.2, 0) is 6.54 Å². The number of nitrogens with zero attached hydrogens (tertiary/aromatic N) is 2. The van der Waals surface area contributed by atoms with E-state index < -0.39 is 0 Å². The van der Waals surface area contributed by atoms with Crippen molar-refractivity contribution < 1.29 is 4.79 Å². The third-order valence-electron chi connectivity index (χ3n) is 2.77. The summed E-state index contributed by atoms with van der Waals surface area (Å²) in [6, 6.07) is 3.30. The second-order valence-corrected chi connectivity index (χ2v) is 4.13. The van der Waals surface area contributed by atoms with E-state index in [2.05, 4.69) is 11.9 Å². The third-order valence-corrected chi connectivity index (χ3v) is 2.77. The maximum absolute atomic E-state index is 11.7. The fraction of sp³-hybridized carbons (Fsp3) is 0.455. The van der Waals surface area contributed by atoms with Crippen LogP contribution < -0.4 is 5.56 Å². The van der Waals surface area contributed by atoms with Crippen LogP contribution in [0.4, 0.5) is 0 Å². The minimum atomic E-state index is -0.179. The van der Waals surface area contributed by atoms with E-state index in [4.69, 9.17) is 0 Å². The van der Waals surface area contributed by atoms with Gasteiger partial charge in [-0.3, -0.25) is 9.59 Å². The topological polar surface area (TPSA) is 42.3 Å². The predicted octanol–water partition coefficient (Wildman–Crippen LogP) is 0.222. The molecule has 2 rings (SSSR count). The number of hydrogen-bond acceptors (Lipinski definition) is 3. The van der Waals surface area contributed by atoms with Crippen LogP contribution in [0.5, 0.6) is 0 Å². The minimum absolute atomic E-state index is 0.179. The van der Waals surface area contributed by atoms with Gasteiger partial charge in [0.25, 0.3) is 5.56 Å². The highest BCUT2D eigenvalue weighted by molar-refractivity contribution is 5.73. The first-order chi connectivity index (χ1) is 7.20. The summed E-state index contributed by atoms with van der Waals surface area (Å²) in [6.07, 6.45) is 2.36. The minimum Gasteiger partial charge on any atom is -0.315 e. The Morgan fingerprint density at radius 3 is 2.87 bits per heavy atom. The number of aldehydes is 1. The Labute approximate surface area is 88.1 Å². The highest BCUT2D eigenvalue weighted by Gasteiger charge is 2.23. The molecule has 0 atom stereocenters. The molecule has 2 heterocycles. The normalized spacial score (nSPS) is 17.4. The Hall–Kier alpha value is -1.42. The molecule has 0 N–H and O–H groups in total. The number of rotatable bonds is 3. The molecular weight excluding hydrogens is 192 g/mol. The fourth-order valence-electron chi connectivity index (χ4n) is 2.01. The lowest BCUT2D eigenvalue weighted by atomic mass is 10.0. The molecule has 0 amide bonds. The van der Waals surface area contributed by atoms with E-state index in [1.165, 1.54) is 0 Å². The van der Waals surface area contributed by atoms with Gasteiger partial charge in [-0.2, -0.15) is 0 Å². The summed E-state index contributed by atoms with van der Waals surface area (Å²) in [6.45, 7) is 2.76. The van der Waals surface area contributed by atoms with Crippen LogP contribution in [0, 0.1) is 5.92 Å². The van der Waals surface area contributed by atoms with Gasteiger partial charge in [-0.25, -0.2) is 0 Å². The van der Waals surface area contributed by atoms with Crippen LogP contribution in [0.25, 0.3) is 0 Å². The summed E-state index contributed by atoms with van der Waals surface area (Å²) < 4.78 is 1.63. The van der Waals surface area contributed by atoms with Gasteiger partial charge in [0.2, 0.25) is 0 Å². The average Bonchev–Trinajstić information content (AvgIpc) is 2.18. The molecule has 1 aliphatic heterocycles. The van der Waals surface area contributed by atoms with Gasteiger partial charge in [-0.1, -0.05) is 0 Å². The lowest BCUT2D eigenvalue weighted by Crippen LogP contribution is -2.46. The second kappa shape index (κ2) is 3.98. The summed E-state index contributed by atoms with van der Waals surface area (Å²) in [5, 5.41) is 0. The molecule has 0 aliphatic carbocycles. The van der Waals surface area contributed by atoms with Crippen molar-refractivity contribution in [2.24, 2.45) is 5.92 Å². The molecule has 4 nitrogen and oxygen atoms in total. The van der Waals surface area contributed by atoms with Crippen molar-refractivity contribution in [1.29, 1.82) is 0 Å². The van der Waals surface area contributed by atoms with Gasteiger partial charge in [-0.15, -0.1) is 0 Å². The molecule has 0 unspecified atom stereocenters. The van der Waals surface area contributed by atoms with Gasteiger partial charge in [0, 0.05) is 31.7 Å². The summed E-state index contributed by atoms with van der Waals surface area (Å²) >= 11 is 0. The van der Waals surface area contributed by atoms with Crippen molar-refractivity contribution in [2.45, 2.75) is 6.54 Å². The van der Waals surface area contributed by atoms with E-state index in [9.17, 15) is 9.59 Å². The Morgan fingerprint density at radius 2 is 2.27 bits per heavy atom. The number of likely N-dealkylation sites (tertiary alicyclic amines) is 1. The van der Waals surface area contributed by atoms with E-state index in [1.807, 2.05) is 0 Å². The van der Waals surface area contributed by atoms with Gasteiger partial charge < -0.3 is 9.47 Å². The molecular formula is C11H14N2O2. The van der Waals surface area contributed by atoms with Crippen molar-refractivity contribution in [3.05, 3.63) is 34.2 Å². The van der Waals surface area contributed by atoms with Crippen LogP contribution >= 0.6 is 0 Å². The molecule has 0 aromatic carbocycles. The molecule has 1 aliphatic rings. The second-order valence-electron chi connectivity index (χ2n) is 4.13. The zero-order valence-electron chi connectivity index (χ0n) is 8.72. The summed E-state index contributed by atoms with van der Waals surface area (Å²) in [4.78, 5) is 24.5. The zero-order chi connectivity index (χ0) is 10.8. The first-order valence-electron chi connectivity index (χ1n) is 5.04. The molecule has 0 spiro atoms. The quantitative estimate of drug-likeness (QED) is 0.664. The van der Waals surface area contributed by atoms with Crippen LogP contribution in [0.1, 0.15) is 10.4 Å². The largest absolute Gasteiger partial charge is 0.315 e. The molecule has 0 saturated carbocycles. The molecule has 1 aromatic rings. The van der Waals surface area contributed by atoms with Crippen molar-refractivity contribution in [3.63, 3.8) is 0 Å². The van der Waals surface area contributed by atoms with E-state index in [0.29, 0.717) is 18.7 Å². The SMILES string of the molecule is CN1CC(Cn2cccc(C=O)c2=O)C1. The van der Waals surface area contributed by atoms with Crippen molar-refractivity contribution in [2.75, 3.05) is 20.1 Å². The van der Waals surface area contributed by atoms with Crippen LogP contribution in [0.2, 0.25) is 0 Å². The maximum Gasteiger partial charge on any atom is 0.261 e. The number of carbonyl (C=O) groups is 1. The monoisotopic (exact) mass is 206 g/mol. The molecule has 0 radical (unpaired) electrons. The van der Waals surface area contributed by atoms with E-state index in [-0.39, 0.29) is 11.1 Å². The highest BCUT2D eigenvalue weighted by atomic mass is 16.1. The lowest BCUT2D eigenvalue weighted by Gasteiger charge is -2.36. The molecule has 1 fully saturated rings. The van der Waals surface area contributed by atoms with Crippen LogP contribution in [0.3, 0.4) is 0 Å². The first kappa shape index (κ1) is 10.1. The maximum atomic E-state index is 11.7. The standard InChI is InChI=1S/C11H14N2O2/c1-12-5-9(6-12)7-13-4-2-3-10(8-14)11(13)15/h2-4,8-9H,5-7H2,1H3. The van der Waals surface area contributed by atoms with E-state index in [1.54, 1.807) is 22.9 Å². The van der Waals surface area contributed by atoms with E-state index in [0.717, 1.165) is 13.1 Å². The average molecular weight is 206 g/mol. The van der Waals surface area contributed by atoms with Gasteiger partial charge in [0.05, 0.1) is 5.56 Å². The first-order valence-corrected chi connectivity index (χ1v) is 5.04. The molecule has 0 bridgehead atoms. The number of aromatic nitrogens is 1. The van der Waals surface area contributed by atoms with Crippen molar-refractivity contribution in [3.8, 4) is 0 Å². The molecule has 1 saturated heterocycles. The lowest BCUT2D eigenvalue weighted by molar-refractivity contribution is 0.111. The van der Waals surface area contributed by atoms with Crippen molar-refractivity contribution in [1.82, 2.24) is 9.47 Å². The Bertz CT molecular complexity index is 419. The summed E-state index contributed by atoms with van der Waals surface area (Å²) in [5.74, 6) is 0.537. The smallest absolute Gasteiger partial charge is 0.261 e. The molecule has 4 heteroatoms. The molecule has 80 valence electrons. The van der Waals surface area contributed by atoms with Gasteiger partial charge >= 0.3 is 0 Å². The van der Waals surface area contributed by atoms with Crippen molar-refractivity contribution >= 4 is 6.29 Å². The zero-order valence-corrected chi connectivity index (χ0v) is 8.72. The Balaban J connectivity index is 2.15. The predicted molar refractivity (Wildman–Crippen MR) is 57.1 cm³/mol. The molecule has 1 aromatic heterocycles. The number of pyridine rings is 1. The summed E-state index contributed by atoms with van der Waals surface area (Å²) in [5.41, 5.74) is 0.0623. The Morgan fingerprint density at radius 1 is 1.53 bits per heavy atom. The Kier molecular flexibility index (Phi) is 2.68. The summed E-state index contributed by atoms with van der Waals surface area (Å²) in [7, 11) is 2.06. The van der Waals surface area contributed by atoms with Crippen LogP contribution in [0.15, 0.2) is 23.1 Å². The number of hydrogen-bond donors (Lipinski definition) is 0. The fourth-order valence-corrected chi connectivity index (χ4v) is 2.01. The van der Waals surface area contributed by atoms with E-state index >= 15 is 0 Å². The molecule has 15 heavy (non-hydrogen) atoms. The van der Waals surface area contributed by atoms with Gasteiger partial charge in [0.15, 0.2) is 6.29 Å². The van der Waals surface area contributed by atoms with Gasteiger partial charge in [-0.05, 0) is 19.2 Å². The highest BCUT2D eigenvalue weighted by Crippen LogP contribution is 2.13. The van der Waals surface area contributed by atoms with Crippen LogP contribution in [-0.4, -0.2) is 35.9 Å².